The van der Waals surface area contributed by atoms with Gasteiger partial charge in [-0.15, -0.1) is 0 Å². The molecule has 1 aliphatic rings. The molecule has 0 unspecified atom stereocenters. The molecule has 0 atom stereocenters. The molecule has 5 nitrogen and oxygen atoms in total. The molecule has 6 heteroatoms. The summed E-state index contributed by atoms with van der Waals surface area (Å²) in [6.07, 6.45) is 4.68. The molecule has 156 valence electrons. The molecule has 1 heterocycles. The molecule has 0 bridgehead atoms. The van der Waals surface area contributed by atoms with Gasteiger partial charge in [-0.2, -0.15) is 4.31 Å². The molecule has 0 spiro atoms. The van der Waals surface area contributed by atoms with Gasteiger partial charge in [0.2, 0.25) is 10.0 Å². The molecule has 0 aliphatic carbocycles. The number of para-hydroxylation sites is 1. The highest BCUT2D eigenvalue weighted by Crippen LogP contribution is 2.25. The normalized spacial score (nSPS) is 15.2. The Morgan fingerprint density at radius 1 is 1.03 bits per heavy atom. The van der Waals surface area contributed by atoms with E-state index in [9.17, 15) is 13.2 Å². The van der Waals surface area contributed by atoms with Crippen LogP contribution < -0.4 is 4.90 Å². The molecular formula is C23H30N2O3S. The third kappa shape index (κ3) is 4.87. The molecule has 1 saturated heterocycles. The molecule has 1 aliphatic heterocycles. The van der Waals surface area contributed by atoms with Crippen LogP contribution in [-0.4, -0.2) is 38.3 Å². The fourth-order valence-corrected chi connectivity index (χ4v) is 5.21. The maximum Gasteiger partial charge on any atom is 0.258 e. The largest absolute Gasteiger partial charge is 0.308 e. The van der Waals surface area contributed by atoms with Crippen LogP contribution in [0.2, 0.25) is 0 Å². The maximum absolute atomic E-state index is 13.4. The van der Waals surface area contributed by atoms with Gasteiger partial charge < -0.3 is 4.90 Å². The molecule has 2 aromatic rings. The number of hydrogen-bond donors (Lipinski definition) is 0. The minimum atomic E-state index is -3.58. The van der Waals surface area contributed by atoms with Crippen molar-refractivity contribution in [3.63, 3.8) is 0 Å². The second kappa shape index (κ2) is 9.55. The van der Waals surface area contributed by atoms with E-state index in [0.717, 1.165) is 43.4 Å². The fraction of sp³-hybridized carbons (Fsp3) is 0.435. The van der Waals surface area contributed by atoms with Gasteiger partial charge in [0.1, 0.15) is 0 Å². The zero-order chi connectivity index (χ0) is 20.9. The number of anilines is 1. The number of unbranched alkanes of at least 4 members (excludes halogenated alkanes) is 1. The lowest BCUT2D eigenvalue weighted by atomic mass is 10.1. The van der Waals surface area contributed by atoms with Gasteiger partial charge in [-0.1, -0.05) is 44.0 Å². The van der Waals surface area contributed by atoms with Crippen molar-refractivity contribution in [2.75, 3.05) is 24.5 Å². The van der Waals surface area contributed by atoms with Crippen molar-refractivity contribution in [1.29, 1.82) is 0 Å². The van der Waals surface area contributed by atoms with Crippen molar-refractivity contribution in [1.82, 2.24) is 4.31 Å². The van der Waals surface area contributed by atoms with E-state index in [0.29, 0.717) is 25.2 Å². The Kier molecular flexibility index (Phi) is 7.09. The van der Waals surface area contributed by atoms with E-state index in [2.05, 4.69) is 6.92 Å². The van der Waals surface area contributed by atoms with E-state index in [1.807, 2.05) is 37.3 Å². The standard InChI is InChI=1S/C23H30N2O3S/c1-3-4-17-25(20-11-7-5-8-12-20)23(26)22-18-21(14-13-19(22)2)29(27,28)24-15-9-6-10-16-24/h5,7-8,11-14,18H,3-4,6,9-10,15-17H2,1-2H3. The predicted molar refractivity (Wildman–Crippen MR) is 117 cm³/mol. The topological polar surface area (TPSA) is 57.7 Å². The number of rotatable bonds is 7. The van der Waals surface area contributed by atoms with Crippen molar-refractivity contribution in [3.05, 3.63) is 59.7 Å². The second-order valence-electron chi connectivity index (χ2n) is 7.59. The minimum Gasteiger partial charge on any atom is -0.308 e. The number of carbonyl (C=O) groups excluding carboxylic acids is 1. The number of aryl methyl sites for hydroxylation is 1. The molecule has 0 radical (unpaired) electrons. The van der Waals surface area contributed by atoms with Crippen LogP contribution in [0.15, 0.2) is 53.4 Å². The highest BCUT2D eigenvalue weighted by Gasteiger charge is 2.28. The number of sulfonamides is 1. The summed E-state index contributed by atoms with van der Waals surface area (Å²) in [7, 11) is -3.58. The van der Waals surface area contributed by atoms with E-state index >= 15 is 0 Å². The van der Waals surface area contributed by atoms with E-state index in [1.54, 1.807) is 27.4 Å². The average molecular weight is 415 g/mol. The van der Waals surface area contributed by atoms with Gasteiger partial charge in [0.15, 0.2) is 0 Å². The number of hydrogen-bond acceptors (Lipinski definition) is 3. The van der Waals surface area contributed by atoms with Crippen molar-refractivity contribution in [2.45, 2.75) is 50.8 Å². The molecule has 0 aromatic heterocycles. The molecule has 3 rings (SSSR count). The summed E-state index contributed by atoms with van der Waals surface area (Å²) in [5.74, 6) is -0.155. The van der Waals surface area contributed by atoms with Crippen molar-refractivity contribution < 1.29 is 13.2 Å². The molecule has 0 N–H and O–H groups in total. The van der Waals surface area contributed by atoms with Crippen LogP contribution in [0.5, 0.6) is 0 Å². The molecule has 0 saturated carbocycles. The van der Waals surface area contributed by atoms with E-state index in [1.165, 1.54) is 0 Å². The first-order valence-electron chi connectivity index (χ1n) is 10.4. The monoisotopic (exact) mass is 414 g/mol. The second-order valence-corrected chi connectivity index (χ2v) is 9.53. The lowest BCUT2D eigenvalue weighted by Crippen LogP contribution is -2.36. The predicted octanol–water partition coefficient (Wildman–Crippen LogP) is 4.62. The Morgan fingerprint density at radius 3 is 2.38 bits per heavy atom. The van der Waals surface area contributed by atoms with Gasteiger partial charge in [0, 0.05) is 30.9 Å². The third-order valence-corrected chi connectivity index (χ3v) is 7.34. The van der Waals surface area contributed by atoms with Gasteiger partial charge in [0.05, 0.1) is 4.90 Å². The lowest BCUT2D eigenvalue weighted by Gasteiger charge is -2.27. The van der Waals surface area contributed by atoms with E-state index in [-0.39, 0.29) is 10.8 Å². The Morgan fingerprint density at radius 2 is 1.72 bits per heavy atom. The van der Waals surface area contributed by atoms with Crippen LogP contribution in [0, 0.1) is 6.92 Å². The third-order valence-electron chi connectivity index (χ3n) is 5.44. The maximum atomic E-state index is 13.4. The zero-order valence-corrected chi connectivity index (χ0v) is 18.1. The summed E-state index contributed by atoms with van der Waals surface area (Å²) < 4.78 is 27.7. The number of piperidine rings is 1. The first-order chi connectivity index (χ1) is 13.9. The summed E-state index contributed by atoms with van der Waals surface area (Å²) >= 11 is 0. The van der Waals surface area contributed by atoms with E-state index < -0.39 is 10.0 Å². The smallest absolute Gasteiger partial charge is 0.258 e. The quantitative estimate of drug-likeness (QED) is 0.664. The van der Waals surface area contributed by atoms with Crippen molar-refractivity contribution in [3.8, 4) is 0 Å². The minimum absolute atomic E-state index is 0.155. The Labute approximate surface area is 174 Å². The summed E-state index contributed by atoms with van der Waals surface area (Å²) in [6.45, 7) is 5.64. The van der Waals surface area contributed by atoms with Crippen LogP contribution in [-0.2, 0) is 10.0 Å². The van der Waals surface area contributed by atoms with Crippen molar-refractivity contribution >= 4 is 21.6 Å². The highest BCUT2D eigenvalue weighted by molar-refractivity contribution is 7.89. The highest BCUT2D eigenvalue weighted by atomic mass is 32.2. The van der Waals surface area contributed by atoms with Crippen LogP contribution in [0.1, 0.15) is 54.9 Å². The van der Waals surface area contributed by atoms with Gasteiger partial charge in [0.25, 0.3) is 5.91 Å². The Bertz CT molecular complexity index is 936. The number of nitrogens with zero attached hydrogens (tertiary/aromatic N) is 2. The molecular weight excluding hydrogens is 384 g/mol. The summed E-state index contributed by atoms with van der Waals surface area (Å²) in [4.78, 5) is 15.4. The fourth-order valence-electron chi connectivity index (χ4n) is 3.66. The first kappa shape index (κ1) is 21.5. The summed E-state index contributed by atoms with van der Waals surface area (Å²) in [6, 6.07) is 14.5. The van der Waals surface area contributed by atoms with Crippen LogP contribution >= 0.6 is 0 Å². The first-order valence-corrected chi connectivity index (χ1v) is 11.9. The average Bonchev–Trinajstić information content (AvgIpc) is 2.75. The van der Waals surface area contributed by atoms with Crippen LogP contribution in [0.3, 0.4) is 0 Å². The van der Waals surface area contributed by atoms with Gasteiger partial charge in [-0.05, 0) is 56.0 Å². The number of carbonyl (C=O) groups is 1. The van der Waals surface area contributed by atoms with Crippen LogP contribution in [0.4, 0.5) is 5.69 Å². The molecule has 1 fully saturated rings. The number of amides is 1. The van der Waals surface area contributed by atoms with Crippen LogP contribution in [0.25, 0.3) is 0 Å². The lowest BCUT2D eigenvalue weighted by molar-refractivity contribution is 0.0986. The molecule has 2 aromatic carbocycles. The zero-order valence-electron chi connectivity index (χ0n) is 17.3. The number of benzene rings is 2. The Hall–Kier alpha value is -2.18. The summed E-state index contributed by atoms with van der Waals surface area (Å²) in [5, 5.41) is 0. The molecule has 1 amide bonds. The van der Waals surface area contributed by atoms with Gasteiger partial charge in [-0.25, -0.2) is 8.42 Å². The van der Waals surface area contributed by atoms with E-state index in [4.69, 9.17) is 0 Å². The summed E-state index contributed by atoms with van der Waals surface area (Å²) in [5.41, 5.74) is 2.06. The van der Waals surface area contributed by atoms with Crippen molar-refractivity contribution in [2.24, 2.45) is 0 Å². The Balaban J connectivity index is 1.96. The SMILES string of the molecule is CCCCN(C(=O)c1cc(S(=O)(=O)N2CCCCC2)ccc1C)c1ccccc1. The molecule has 29 heavy (non-hydrogen) atoms. The van der Waals surface area contributed by atoms with Gasteiger partial charge in [-0.3, -0.25) is 4.79 Å². The van der Waals surface area contributed by atoms with Gasteiger partial charge >= 0.3 is 0 Å².